The van der Waals surface area contributed by atoms with Gasteiger partial charge in [0.05, 0.1) is 17.1 Å². The monoisotopic (exact) mass is 292 g/mol. The number of nitrogens with one attached hydrogen (secondary N) is 2. The number of nitrogen functional groups attached to an aromatic ring is 1. The molecule has 1 aromatic rings. The fourth-order valence-electron chi connectivity index (χ4n) is 2.19. The lowest BCUT2D eigenvalue weighted by Gasteiger charge is -2.24. The standard InChI is InChI=1S/C15H24N4O2/c1-4-10(2)19(3)6-5-17-12-8-13-14(7-11(12)16)21-9-15(20)18-13/h7-8,10,17H,4-6,9,16H2,1-3H3,(H,18,20). The van der Waals surface area contributed by atoms with Crippen LogP contribution in [0.3, 0.4) is 0 Å². The van der Waals surface area contributed by atoms with Crippen LogP contribution in [0.25, 0.3) is 0 Å². The highest BCUT2D eigenvalue weighted by atomic mass is 16.5. The van der Waals surface area contributed by atoms with Crippen molar-refractivity contribution in [1.29, 1.82) is 0 Å². The number of nitrogens with two attached hydrogens (primary N) is 1. The second-order valence-corrected chi connectivity index (χ2v) is 5.44. The summed E-state index contributed by atoms with van der Waals surface area (Å²) in [4.78, 5) is 13.6. The molecular weight excluding hydrogens is 268 g/mol. The number of benzene rings is 1. The fraction of sp³-hybridized carbons (Fsp3) is 0.533. The molecule has 0 aliphatic carbocycles. The van der Waals surface area contributed by atoms with Gasteiger partial charge in [0.15, 0.2) is 6.61 Å². The second-order valence-electron chi connectivity index (χ2n) is 5.44. The van der Waals surface area contributed by atoms with Gasteiger partial charge in [-0.3, -0.25) is 4.79 Å². The van der Waals surface area contributed by atoms with Gasteiger partial charge in [-0.1, -0.05) is 6.92 Å². The summed E-state index contributed by atoms with van der Waals surface area (Å²) < 4.78 is 5.33. The number of carbonyl (C=O) groups excluding carboxylic acids is 1. The maximum Gasteiger partial charge on any atom is 0.262 e. The molecule has 1 unspecified atom stereocenters. The van der Waals surface area contributed by atoms with E-state index in [1.807, 2.05) is 6.07 Å². The van der Waals surface area contributed by atoms with Crippen LogP contribution in [-0.4, -0.2) is 43.6 Å². The lowest BCUT2D eigenvalue weighted by Crippen LogP contribution is -2.32. The third kappa shape index (κ3) is 3.78. The topological polar surface area (TPSA) is 79.6 Å². The second kappa shape index (κ2) is 6.67. The van der Waals surface area contributed by atoms with Crippen molar-refractivity contribution in [3.05, 3.63) is 12.1 Å². The number of hydrogen-bond donors (Lipinski definition) is 3. The molecule has 2 rings (SSSR count). The van der Waals surface area contributed by atoms with Gasteiger partial charge in [0, 0.05) is 25.2 Å². The average Bonchev–Trinajstić information content (AvgIpc) is 2.47. The molecule has 0 spiro atoms. The highest BCUT2D eigenvalue weighted by Crippen LogP contribution is 2.34. The van der Waals surface area contributed by atoms with Gasteiger partial charge in [0.25, 0.3) is 5.91 Å². The van der Waals surface area contributed by atoms with E-state index in [4.69, 9.17) is 10.5 Å². The molecule has 116 valence electrons. The van der Waals surface area contributed by atoms with Crippen molar-refractivity contribution >= 4 is 23.0 Å². The third-order valence-electron chi connectivity index (χ3n) is 3.91. The minimum atomic E-state index is -0.144. The first-order valence-corrected chi connectivity index (χ1v) is 7.31. The number of ether oxygens (including phenoxy) is 1. The van der Waals surface area contributed by atoms with E-state index >= 15 is 0 Å². The molecule has 0 aromatic heterocycles. The van der Waals surface area contributed by atoms with Gasteiger partial charge in [-0.15, -0.1) is 0 Å². The van der Waals surface area contributed by atoms with Crippen LogP contribution in [0.15, 0.2) is 12.1 Å². The van der Waals surface area contributed by atoms with E-state index in [9.17, 15) is 4.79 Å². The van der Waals surface area contributed by atoms with Crippen LogP contribution in [0, 0.1) is 0 Å². The zero-order chi connectivity index (χ0) is 15.4. The summed E-state index contributed by atoms with van der Waals surface area (Å²) >= 11 is 0. The van der Waals surface area contributed by atoms with E-state index < -0.39 is 0 Å². The summed E-state index contributed by atoms with van der Waals surface area (Å²) in [5, 5.41) is 6.10. The van der Waals surface area contributed by atoms with Gasteiger partial charge in [0.2, 0.25) is 0 Å². The van der Waals surface area contributed by atoms with Crippen LogP contribution in [0.1, 0.15) is 20.3 Å². The molecule has 0 saturated heterocycles. The molecule has 1 aliphatic rings. The van der Waals surface area contributed by atoms with Crippen molar-refractivity contribution in [3.63, 3.8) is 0 Å². The molecule has 1 heterocycles. The zero-order valence-corrected chi connectivity index (χ0v) is 12.9. The van der Waals surface area contributed by atoms with Crippen molar-refractivity contribution in [3.8, 4) is 5.75 Å². The van der Waals surface area contributed by atoms with Crippen LogP contribution < -0.4 is 21.1 Å². The molecule has 6 heteroatoms. The lowest BCUT2D eigenvalue weighted by atomic mass is 10.2. The van der Waals surface area contributed by atoms with Gasteiger partial charge >= 0.3 is 0 Å². The summed E-state index contributed by atoms with van der Waals surface area (Å²) in [6, 6.07) is 4.13. The predicted molar refractivity (Wildman–Crippen MR) is 85.9 cm³/mol. The fourth-order valence-corrected chi connectivity index (χ4v) is 2.19. The minimum Gasteiger partial charge on any atom is -0.482 e. The van der Waals surface area contributed by atoms with Gasteiger partial charge in [-0.05, 0) is 26.5 Å². The summed E-state index contributed by atoms with van der Waals surface area (Å²) in [6.07, 6.45) is 1.13. The molecular formula is C15H24N4O2. The Bertz CT molecular complexity index is 519. The van der Waals surface area contributed by atoms with Crippen LogP contribution in [0.2, 0.25) is 0 Å². The Labute approximate surface area is 125 Å². The van der Waals surface area contributed by atoms with Gasteiger partial charge in [0.1, 0.15) is 5.75 Å². The number of amides is 1. The third-order valence-corrected chi connectivity index (χ3v) is 3.91. The average molecular weight is 292 g/mol. The Kier molecular flexibility index (Phi) is 4.90. The molecule has 6 nitrogen and oxygen atoms in total. The van der Waals surface area contributed by atoms with E-state index in [2.05, 4.69) is 36.4 Å². The maximum absolute atomic E-state index is 11.3. The van der Waals surface area contributed by atoms with Gasteiger partial charge in [-0.25, -0.2) is 0 Å². The molecule has 1 amide bonds. The maximum atomic E-state index is 11.3. The molecule has 0 fully saturated rings. The number of likely N-dealkylation sites (N-methyl/N-ethyl adjacent to an activating group) is 1. The highest BCUT2D eigenvalue weighted by Gasteiger charge is 2.17. The van der Waals surface area contributed by atoms with Crippen molar-refractivity contribution in [1.82, 2.24) is 4.90 Å². The van der Waals surface area contributed by atoms with E-state index in [1.54, 1.807) is 6.07 Å². The lowest BCUT2D eigenvalue weighted by molar-refractivity contribution is -0.118. The van der Waals surface area contributed by atoms with Gasteiger partial charge < -0.3 is 26.0 Å². The Morgan fingerprint density at radius 1 is 1.52 bits per heavy atom. The summed E-state index contributed by atoms with van der Waals surface area (Å²) in [5.74, 6) is 0.476. The van der Waals surface area contributed by atoms with Crippen molar-refractivity contribution in [2.75, 3.05) is 43.1 Å². The van der Waals surface area contributed by atoms with E-state index in [0.717, 1.165) is 25.2 Å². The summed E-state index contributed by atoms with van der Waals surface area (Å²) in [7, 11) is 2.11. The van der Waals surface area contributed by atoms with Crippen molar-refractivity contribution in [2.45, 2.75) is 26.3 Å². The molecule has 21 heavy (non-hydrogen) atoms. The number of nitrogens with zero attached hydrogens (tertiary/aromatic N) is 1. The smallest absolute Gasteiger partial charge is 0.262 e. The Hall–Kier alpha value is -1.95. The molecule has 1 atom stereocenters. The van der Waals surface area contributed by atoms with Crippen molar-refractivity contribution < 1.29 is 9.53 Å². The van der Waals surface area contributed by atoms with Crippen molar-refractivity contribution in [2.24, 2.45) is 0 Å². The largest absolute Gasteiger partial charge is 0.482 e. The molecule has 4 N–H and O–H groups in total. The first kappa shape index (κ1) is 15.4. The number of anilines is 3. The quantitative estimate of drug-likeness (QED) is 0.696. The van der Waals surface area contributed by atoms with Crippen LogP contribution in [0.4, 0.5) is 17.1 Å². The Morgan fingerprint density at radius 3 is 3.00 bits per heavy atom. The molecule has 1 aromatic carbocycles. The van der Waals surface area contributed by atoms with Gasteiger partial charge in [-0.2, -0.15) is 0 Å². The molecule has 1 aliphatic heterocycles. The van der Waals surface area contributed by atoms with E-state index in [-0.39, 0.29) is 12.5 Å². The Balaban J connectivity index is 1.97. The number of carbonyl (C=O) groups is 1. The first-order chi connectivity index (χ1) is 10.0. The minimum absolute atomic E-state index is 0.0406. The first-order valence-electron chi connectivity index (χ1n) is 7.31. The normalized spacial score (nSPS) is 15.1. The Morgan fingerprint density at radius 2 is 2.29 bits per heavy atom. The highest BCUT2D eigenvalue weighted by molar-refractivity contribution is 5.97. The zero-order valence-electron chi connectivity index (χ0n) is 12.9. The molecule has 0 saturated carbocycles. The molecule has 0 radical (unpaired) electrons. The summed E-state index contributed by atoms with van der Waals surface area (Å²) in [5.41, 5.74) is 8.12. The van der Waals surface area contributed by atoms with E-state index in [0.29, 0.717) is 23.2 Å². The SMILES string of the molecule is CCC(C)N(C)CCNc1cc2c(cc1N)OCC(=O)N2. The number of hydrogen-bond acceptors (Lipinski definition) is 5. The van der Waals surface area contributed by atoms with Crippen LogP contribution >= 0.6 is 0 Å². The summed E-state index contributed by atoms with van der Waals surface area (Å²) in [6.45, 7) is 6.14. The number of fused-ring (bicyclic) bond motifs is 1. The van der Waals surface area contributed by atoms with Crippen LogP contribution in [0.5, 0.6) is 5.75 Å². The predicted octanol–water partition coefficient (Wildman–Crippen LogP) is 1.74. The van der Waals surface area contributed by atoms with E-state index in [1.165, 1.54) is 0 Å². The molecule has 0 bridgehead atoms. The van der Waals surface area contributed by atoms with Crippen LogP contribution in [-0.2, 0) is 4.79 Å². The number of rotatable bonds is 6.